The van der Waals surface area contributed by atoms with Crippen LogP contribution in [-0.2, 0) is 16.0 Å². The van der Waals surface area contributed by atoms with Crippen molar-refractivity contribution in [1.29, 1.82) is 0 Å². The van der Waals surface area contributed by atoms with Gasteiger partial charge in [-0.05, 0) is 26.7 Å². The van der Waals surface area contributed by atoms with E-state index in [0.29, 0.717) is 36.5 Å². The number of nitrogens with zero attached hydrogens (tertiary/aromatic N) is 1. The van der Waals surface area contributed by atoms with Crippen LogP contribution in [-0.4, -0.2) is 47.3 Å². The van der Waals surface area contributed by atoms with Crippen LogP contribution in [0.25, 0.3) is 0 Å². The number of aromatic amines is 1. The molecule has 1 amide bonds. The standard InChI is InChI=1S/C14H23N3O4/c1-9-12(14(20)17-10(2)16-9)4-5-13(19)15-7-6-11(18)8-21-3/h11,18H,4-8H2,1-3H3,(H,15,19)(H,16,17,20). The third-order valence-electron chi connectivity index (χ3n) is 3.10. The zero-order valence-corrected chi connectivity index (χ0v) is 12.7. The van der Waals surface area contributed by atoms with E-state index in [1.54, 1.807) is 13.8 Å². The molecule has 1 heterocycles. The number of aliphatic hydroxyl groups is 1. The second-order valence-corrected chi connectivity index (χ2v) is 4.96. The van der Waals surface area contributed by atoms with Crippen molar-refractivity contribution in [1.82, 2.24) is 15.3 Å². The van der Waals surface area contributed by atoms with Crippen LogP contribution in [0, 0.1) is 13.8 Å². The van der Waals surface area contributed by atoms with E-state index in [2.05, 4.69) is 15.3 Å². The van der Waals surface area contributed by atoms with Crippen molar-refractivity contribution in [2.24, 2.45) is 0 Å². The summed E-state index contributed by atoms with van der Waals surface area (Å²) in [6, 6.07) is 0. The lowest BCUT2D eigenvalue weighted by atomic mass is 10.1. The fraction of sp³-hybridized carbons (Fsp3) is 0.643. The number of rotatable bonds is 8. The quantitative estimate of drug-likeness (QED) is 0.618. The van der Waals surface area contributed by atoms with Crippen LogP contribution in [0.5, 0.6) is 0 Å². The van der Waals surface area contributed by atoms with Crippen molar-refractivity contribution in [3.8, 4) is 0 Å². The Kier molecular flexibility index (Phi) is 7.04. The van der Waals surface area contributed by atoms with Crippen LogP contribution < -0.4 is 10.9 Å². The third kappa shape index (κ3) is 6.05. The zero-order valence-electron chi connectivity index (χ0n) is 12.7. The normalized spacial score (nSPS) is 12.2. The predicted octanol–water partition coefficient (Wildman–Crippen LogP) is -0.167. The third-order valence-corrected chi connectivity index (χ3v) is 3.10. The number of hydrogen-bond donors (Lipinski definition) is 3. The minimum absolute atomic E-state index is 0.154. The Morgan fingerprint density at radius 3 is 2.81 bits per heavy atom. The van der Waals surface area contributed by atoms with Gasteiger partial charge in [0.05, 0.1) is 12.7 Å². The van der Waals surface area contributed by atoms with E-state index in [9.17, 15) is 14.7 Å². The molecule has 21 heavy (non-hydrogen) atoms. The second-order valence-electron chi connectivity index (χ2n) is 4.96. The molecule has 1 aromatic rings. The fourth-order valence-electron chi connectivity index (χ4n) is 2.03. The number of aliphatic hydroxyl groups excluding tert-OH is 1. The number of hydrogen-bond acceptors (Lipinski definition) is 5. The molecule has 118 valence electrons. The van der Waals surface area contributed by atoms with Gasteiger partial charge in [-0.1, -0.05) is 0 Å². The van der Waals surface area contributed by atoms with Gasteiger partial charge < -0.3 is 20.1 Å². The van der Waals surface area contributed by atoms with E-state index in [4.69, 9.17) is 4.74 Å². The zero-order chi connectivity index (χ0) is 15.8. The number of carbonyl (C=O) groups is 1. The SMILES string of the molecule is COCC(O)CCNC(=O)CCc1c(C)nc(C)[nH]c1=O. The van der Waals surface area contributed by atoms with Crippen LogP contribution in [0.2, 0.25) is 0 Å². The predicted molar refractivity (Wildman–Crippen MR) is 78.2 cm³/mol. The lowest BCUT2D eigenvalue weighted by Gasteiger charge is -2.10. The average molecular weight is 297 g/mol. The molecule has 0 saturated carbocycles. The van der Waals surface area contributed by atoms with E-state index < -0.39 is 6.10 Å². The maximum atomic E-state index is 11.8. The first kappa shape index (κ1) is 17.3. The highest BCUT2D eigenvalue weighted by Gasteiger charge is 2.10. The summed E-state index contributed by atoms with van der Waals surface area (Å²) in [5.74, 6) is 0.414. The summed E-state index contributed by atoms with van der Waals surface area (Å²) < 4.78 is 4.79. The molecule has 0 aromatic carbocycles. The summed E-state index contributed by atoms with van der Waals surface area (Å²) >= 11 is 0. The molecule has 3 N–H and O–H groups in total. The van der Waals surface area contributed by atoms with Gasteiger partial charge >= 0.3 is 0 Å². The fourth-order valence-corrected chi connectivity index (χ4v) is 2.03. The highest BCUT2D eigenvalue weighted by Crippen LogP contribution is 2.02. The van der Waals surface area contributed by atoms with Crippen molar-refractivity contribution in [2.75, 3.05) is 20.3 Å². The van der Waals surface area contributed by atoms with E-state index in [-0.39, 0.29) is 24.5 Å². The Labute approximate surface area is 123 Å². The van der Waals surface area contributed by atoms with E-state index in [1.165, 1.54) is 7.11 Å². The molecule has 0 radical (unpaired) electrons. The summed E-state index contributed by atoms with van der Waals surface area (Å²) in [6.07, 6.45) is 0.419. The molecule has 0 aliphatic rings. The molecule has 1 unspecified atom stereocenters. The Bertz CT molecular complexity index is 527. The molecule has 0 aliphatic heterocycles. The van der Waals surface area contributed by atoms with Crippen molar-refractivity contribution in [3.63, 3.8) is 0 Å². The molecule has 0 fully saturated rings. The van der Waals surface area contributed by atoms with Gasteiger partial charge in [-0.3, -0.25) is 9.59 Å². The number of amides is 1. The number of methoxy groups -OCH3 is 1. The Balaban J connectivity index is 2.39. The summed E-state index contributed by atoms with van der Waals surface area (Å²) in [5.41, 5.74) is 0.998. The summed E-state index contributed by atoms with van der Waals surface area (Å²) in [6.45, 7) is 4.11. The average Bonchev–Trinajstić information content (AvgIpc) is 2.37. The number of aromatic nitrogens is 2. The largest absolute Gasteiger partial charge is 0.391 e. The first-order valence-electron chi connectivity index (χ1n) is 6.94. The van der Waals surface area contributed by atoms with Crippen LogP contribution in [0.15, 0.2) is 4.79 Å². The molecular formula is C14H23N3O4. The lowest BCUT2D eigenvalue weighted by molar-refractivity contribution is -0.121. The van der Waals surface area contributed by atoms with Crippen molar-refractivity contribution in [3.05, 3.63) is 27.4 Å². The first-order valence-corrected chi connectivity index (χ1v) is 6.94. The van der Waals surface area contributed by atoms with Gasteiger partial charge in [0.1, 0.15) is 5.82 Å². The van der Waals surface area contributed by atoms with E-state index >= 15 is 0 Å². The summed E-state index contributed by atoms with van der Waals surface area (Å²) in [7, 11) is 1.51. The molecule has 1 atom stereocenters. The number of ether oxygens (including phenoxy) is 1. The van der Waals surface area contributed by atoms with Crippen molar-refractivity contribution >= 4 is 5.91 Å². The minimum Gasteiger partial charge on any atom is -0.391 e. The molecule has 1 rings (SSSR count). The molecule has 0 saturated heterocycles. The minimum atomic E-state index is -0.582. The maximum Gasteiger partial charge on any atom is 0.254 e. The van der Waals surface area contributed by atoms with Crippen molar-refractivity contribution < 1.29 is 14.6 Å². The van der Waals surface area contributed by atoms with Crippen molar-refractivity contribution in [2.45, 2.75) is 39.2 Å². The molecule has 0 bridgehead atoms. The number of nitrogens with one attached hydrogen (secondary N) is 2. The van der Waals surface area contributed by atoms with E-state index in [0.717, 1.165) is 0 Å². The Hall–Kier alpha value is -1.73. The van der Waals surface area contributed by atoms with Gasteiger partial charge in [0, 0.05) is 31.3 Å². The maximum absolute atomic E-state index is 11.8. The molecule has 0 aliphatic carbocycles. The smallest absolute Gasteiger partial charge is 0.254 e. The number of carbonyl (C=O) groups excluding carboxylic acids is 1. The molecule has 0 spiro atoms. The Morgan fingerprint density at radius 2 is 2.19 bits per heavy atom. The topological polar surface area (TPSA) is 104 Å². The Morgan fingerprint density at radius 1 is 1.48 bits per heavy atom. The highest BCUT2D eigenvalue weighted by molar-refractivity contribution is 5.76. The van der Waals surface area contributed by atoms with Gasteiger partial charge in [-0.15, -0.1) is 0 Å². The number of aryl methyl sites for hydroxylation is 2. The van der Waals surface area contributed by atoms with Gasteiger partial charge in [0.15, 0.2) is 0 Å². The molecule has 7 nitrogen and oxygen atoms in total. The van der Waals surface area contributed by atoms with Crippen LogP contribution in [0.1, 0.15) is 29.9 Å². The summed E-state index contributed by atoms with van der Waals surface area (Å²) in [5, 5.41) is 12.1. The van der Waals surface area contributed by atoms with Gasteiger partial charge in [-0.2, -0.15) is 0 Å². The van der Waals surface area contributed by atoms with Crippen LogP contribution >= 0.6 is 0 Å². The van der Waals surface area contributed by atoms with Gasteiger partial charge in [-0.25, -0.2) is 4.98 Å². The molecular weight excluding hydrogens is 274 g/mol. The van der Waals surface area contributed by atoms with E-state index in [1.807, 2.05) is 0 Å². The van der Waals surface area contributed by atoms with Gasteiger partial charge in [0.25, 0.3) is 5.56 Å². The number of H-pyrrole nitrogens is 1. The second kappa shape index (κ2) is 8.53. The monoisotopic (exact) mass is 297 g/mol. The van der Waals surface area contributed by atoms with Crippen LogP contribution in [0.4, 0.5) is 0 Å². The molecule has 1 aromatic heterocycles. The molecule has 7 heteroatoms. The summed E-state index contributed by atoms with van der Waals surface area (Å²) in [4.78, 5) is 30.3. The highest BCUT2D eigenvalue weighted by atomic mass is 16.5. The van der Waals surface area contributed by atoms with Crippen LogP contribution in [0.3, 0.4) is 0 Å². The van der Waals surface area contributed by atoms with Gasteiger partial charge in [0.2, 0.25) is 5.91 Å². The lowest BCUT2D eigenvalue weighted by Crippen LogP contribution is -2.29. The first-order chi connectivity index (χ1) is 9.93.